The summed E-state index contributed by atoms with van der Waals surface area (Å²) in [6, 6.07) is -0.219. The highest BCUT2D eigenvalue weighted by Gasteiger charge is 2.57. The van der Waals surface area contributed by atoms with Crippen LogP contribution in [-0.4, -0.2) is 154 Å². The minimum atomic E-state index is -4.64. The number of cyclic esters (lactones) is 1. The first kappa shape index (κ1) is 46.2. The van der Waals surface area contributed by atoms with Gasteiger partial charge in [0.25, 0.3) is 0 Å². The topological polar surface area (TPSA) is 244 Å². The molecule has 4 saturated heterocycles. The van der Waals surface area contributed by atoms with Crippen LogP contribution in [0.25, 0.3) is 0 Å². The van der Waals surface area contributed by atoms with Crippen LogP contribution >= 0.6 is 7.82 Å². The summed E-state index contributed by atoms with van der Waals surface area (Å²) in [5.74, 6) is -3.74. The van der Waals surface area contributed by atoms with Gasteiger partial charge >= 0.3 is 13.8 Å². The first-order chi connectivity index (χ1) is 24.4. The van der Waals surface area contributed by atoms with Crippen LogP contribution < -0.4 is 0 Å². The fourth-order valence-electron chi connectivity index (χ4n) is 7.89. The summed E-state index contributed by atoms with van der Waals surface area (Å²) in [5.41, 5.74) is -1.10. The molecule has 18 atom stereocenters. The number of likely N-dealkylation sites (N-methyl/N-ethyl adjacent to an activating group) is 1. The summed E-state index contributed by atoms with van der Waals surface area (Å²) in [7, 11) is 0.685. The number of rotatable bonds is 6. The number of methoxy groups -OCH3 is 1. The highest BCUT2D eigenvalue weighted by Crippen LogP contribution is 2.43. The average molecular weight is 786 g/mol. The Hall–Kier alpha value is -1.15. The third-order valence-electron chi connectivity index (χ3n) is 11.4. The second kappa shape index (κ2) is 18.9. The van der Waals surface area contributed by atoms with Crippen LogP contribution in [0.5, 0.6) is 0 Å². The molecule has 4 aliphatic heterocycles. The molecule has 0 bridgehead atoms. The first-order valence-corrected chi connectivity index (χ1v) is 20.0. The standard InChI is InChI=1S/C35H61NO12.H3O4P/c1-16-14-35(15-43-35)32(40)19(4)27(37)18(3)22(7)46-33(41)21(6)31(47-26-13-25(42-11)28(38)23(8)45-26)20(5)30(16)48-34-29(39)24(36(9)10)12-17(2)44-34;1-5(2,3)4/h16-31,34,37-39H,12-15H2,1-11H3;(H3,1,2,3,4)/t16-,17+,18-,19+,20-,21+,22+,23-,24-,25-,26-,27+,28-,29+,30-,31-,34-,35+;/m0./s1. The van der Waals surface area contributed by atoms with Crippen molar-refractivity contribution in [3.05, 3.63) is 0 Å². The maximum absolute atomic E-state index is 13.9. The Bertz CT molecular complexity index is 1240. The molecule has 18 heteroatoms. The van der Waals surface area contributed by atoms with Crippen LogP contribution in [0.1, 0.15) is 74.7 Å². The Morgan fingerprint density at radius 3 is 1.91 bits per heavy atom. The van der Waals surface area contributed by atoms with Crippen LogP contribution in [0.4, 0.5) is 0 Å². The van der Waals surface area contributed by atoms with Gasteiger partial charge < -0.3 is 68.1 Å². The third kappa shape index (κ3) is 11.9. The molecule has 17 nitrogen and oxygen atoms in total. The highest BCUT2D eigenvalue weighted by molar-refractivity contribution is 7.45. The number of carbonyl (C=O) groups excluding carboxylic acids is 2. The van der Waals surface area contributed by atoms with Crippen molar-refractivity contribution in [3.63, 3.8) is 0 Å². The Morgan fingerprint density at radius 2 is 1.38 bits per heavy atom. The number of epoxide rings is 1. The van der Waals surface area contributed by atoms with Crippen molar-refractivity contribution >= 4 is 19.6 Å². The number of ketones is 1. The normalized spacial score (nSPS) is 46.3. The second-order valence-corrected chi connectivity index (χ2v) is 16.8. The van der Waals surface area contributed by atoms with E-state index in [4.69, 9.17) is 52.4 Å². The molecular formula is C35H64NO16P. The fraction of sp³-hybridized carbons (Fsp3) is 0.943. The molecule has 310 valence electrons. The first-order valence-electron chi connectivity index (χ1n) is 18.4. The Morgan fingerprint density at radius 1 is 0.792 bits per heavy atom. The molecule has 0 aromatic rings. The van der Waals surface area contributed by atoms with Gasteiger partial charge in [-0.3, -0.25) is 9.59 Å². The van der Waals surface area contributed by atoms with E-state index < -0.39 is 104 Å². The lowest BCUT2D eigenvalue weighted by molar-refractivity contribution is -0.299. The van der Waals surface area contributed by atoms with E-state index >= 15 is 0 Å². The average Bonchev–Trinajstić information content (AvgIpc) is 3.85. The summed E-state index contributed by atoms with van der Waals surface area (Å²) in [4.78, 5) is 51.2. The molecule has 53 heavy (non-hydrogen) atoms. The number of Topliss-reactive ketones (excluding diaryl/α,β-unsaturated/α-hetero) is 1. The molecule has 0 amide bonds. The zero-order chi connectivity index (χ0) is 40.3. The van der Waals surface area contributed by atoms with E-state index in [1.54, 1.807) is 34.6 Å². The van der Waals surface area contributed by atoms with Gasteiger partial charge in [-0.2, -0.15) is 0 Å². The minimum absolute atomic E-state index is 0.198. The van der Waals surface area contributed by atoms with Gasteiger partial charge in [0.05, 0.1) is 49.1 Å². The minimum Gasteiger partial charge on any atom is -0.462 e. The van der Waals surface area contributed by atoms with Crippen LogP contribution in [0.3, 0.4) is 0 Å². The number of esters is 1. The van der Waals surface area contributed by atoms with Gasteiger partial charge in [-0.1, -0.05) is 27.7 Å². The Balaban J connectivity index is 0.00000141. The lowest BCUT2D eigenvalue weighted by atomic mass is 9.76. The van der Waals surface area contributed by atoms with Crippen molar-refractivity contribution in [1.29, 1.82) is 0 Å². The third-order valence-corrected chi connectivity index (χ3v) is 11.4. The maximum Gasteiger partial charge on any atom is 0.466 e. The molecule has 0 radical (unpaired) electrons. The quantitative estimate of drug-likeness (QED) is 0.125. The number of ether oxygens (including phenoxy) is 7. The zero-order valence-electron chi connectivity index (χ0n) is 32.8. The second-order valence-electron chi connectivity index (χ2n) is 15.8. The molecule has 0 aliphatic carbocycles. The SMILES string of the molecule is CO[C@H]1C[C@H](O[C@H]2[C@@H](C)[C@@H](O[C@@H]3O[C@H](C)C[C@H](N(C)C)[C@H]3O)[C@@H](C)C[C@@]3(CO3)C(=O)[C@H](C)[C@H](O)[C@@H](C)[C@@H](C)OC(=O)[C@@H]2C)O[C@@H](C)[C@@H]1O.O=P(O)(O)O. The summed E-state index contributed by atoms with van der Waals surface area (Å²) in [6.45, 7) is 14.6. The molecule has 6 N–H and O–H groups in total. The van der Waals surface area contributed by atoms with E-state index in [-0.39, 0.29) is 43.3 Å². The van der Waals surface area contributed by atoms with Crippen LogP contribution in [0.2, 0.25) is 0 Å². The van der Waals surface area contributed by atoms with E-state index in [0.717, 1.165) is 0 Å². The van der Waals surface area contributed by atoms with Gasteiger partial charge in [0.15, 0.2) is 24.0 Å². The van der Waals surface area contributed by atoms with Gasteiger partial charge in [0.1, 0.15) is 18.3 Å². The molecule has 0 aromatic carbocycles. The van der Waals surface area contributed by atoms with Gasteiger partial charge in [0.2, 0.25) is 0 Å². The van der Waals surface area contributed by atoms with E-state index in [2.05, 4.69) is 0 Å². The fourth-order valence-corrected chi connectivity index (χ4v) is 7.89. The predicted octanol–water partition coefficient (Wildman–Crippen LogP) is 0.980. The molecular weight excluding hydrogens is 721 g/mol. The summed E-state index contributed by atoms with van der Waals surface area (Å²) < 4.78 is 51.9. The van der Waals surface area contributed by atoms with Crippen molar-refractivity contribution in [2.24, 2.45) is 29.6 Å². The molecule has 4 aliphatic rings. The van der Waals surface area contributed by atoms with Crippen molar-refractivity contribution in [3.8, 4) is 0 Å². The number of aliphatic hydroxyl groups excluding tert-OH is 3. The van der Waals surface area contributed by atoms with E-state index in [0.29, 0.717) is 6.42 Å². The van der Waals surface area contributed by atoms with Crippen LogP contribution in [0, 0.1) is 29.6 Å². The van der Waals surface area contributed by atoms with E-state index in [1.807, 2.05) is 39.8 Å². The van der Waals surface area contributed by atoms with E-state index in [1.165, 1.54) is 7.11 Å². The summed E-state index contributed by atoms with van der Waals surface area (Å²) in [6.07, 6.45) is -7.15. The molecule has 0 saturated carbocycles. The van der Waals surface area contributed by atoms with Crippen LogP contribution in [0.15, 0.2) is 0 Å². The number of hydrogen-bond acceptors (Lipinski definition) is 14. The zero-order valence-corrected chi connectivity index (χ0v) is 33.7. The summed E-state index contributed by atoms with van der Waals surface area (Å²) >= 11 is 0. The highest BCUT2D eigenvalue weighted by atomic mass is 31.2. The maximum atomic E-state index is 13.9. The van der Waals surface area contributed by atoms with Crippen LogP contribution in [-0.2, 0) is 47.3 Å². The lowest BCUT2D eigenvalue weighted by Gasteiger charge is -2.46. The summed E-state index contributed by atoms with van der Waals surface area (Å²) in [5, 5.41) is 33.3. The Labute approximate surface area is 312 Å². The van der Waals surface area contributed by atoms with Gasteiger partial charge in [0, 0.05) is 37.3 Å². The largest absolute Gasteiger partial charge is 0.466 e. The van der Waals surface area contributed by atoms with Crippen molar-refractivity contribution in [2.45, 2.75) is 154 Å². The molecule has 4 rings (SSSR count). The van der Waals surface area contributed by atoms with E-state index in [9.17, 15) is 24.9 Å². The number of phosphoric acid groups is 1. The monoisotopic (exact) mass is 785 g/mol. The Kier molecular flexibility index (Phi) is 16.5. The van der Waals surface area contributed by atoms with Gasteiger partial charge in [-0.15, -0.1) is 0 Å². The van der Waals surface area contributed by atoms with Crippen molar-refractivity contribution in [2.75, 3.05) is 27.8 Å². The lowest BCUT2D eigenvalue weighted by Crippen LogP contribution is -2.57. The van der Waals surface area contributed by atoms with Crippen molar-refractivity contribution in [1.82, 2.24) is 4.90 Å². The smallest absolute Gasteiger partial charge is 0.462 e. The number of carbonyl (C=O) groups is 2. The number of hydrogen-bond donors (Lipinski definition) is 6. The number of nitrogens with zero attached hydrogens (tertiary/aromatic N) is 1. The molecule has 0 aromatic heterocycles. The van der Waals surface area contributed by atoms with Crippen molar-refractivity contribution < 1.29 is 77.3 Å². The van der Waals surface area contributed by atoms with Gasteiger partial charge in [-0.25, -0.2) is 4.57 Å². The molecule has 1 spiro atoms. The number of aliphatic hydroxyl groups is 3. The van der Waals surface area contributed by atoms with Gasteiger partial charge in [-0.05, 0) is 60.5 Å². The molecule has 4 heterocycles. The predicted molar refractivity (Wildman–Crippen MR) is 188 cm³/mol. The molecule has 4 fully saturated rings. The molecule has 0 unspecified atom stereocenters.